The first-order valence-corrected chi connectivity index (χ1v) is 3.64. The van der Waals surface area contributed by atoms with Gasteiger partial charge in [0.25, 0.3) is 5.78 Å². The minimum absolute atomic E-state index is 0.244. The van der Waals surface area contributed by atoms with Crippen LogP contribution in [0.4, 0.5) is 0 Å². The molecular formula is C8H7NO6. The lowest BCUT2D eigenvalue weighted by Crippen LogP contribution is -2.26. The van der Waals surface area contributed by atoms with Gasteiger partial charge in [-0.05, 0) is 0 Å². The molecule has 0 aliphatic heterocycles. The third kappa shape index (κ3) is 4.46. The maximum absolute atomic E-state index is 10.8. The summed E-state index contributed by atoms with van der Waals surface area (Å²) in [7, 11) is 0. The number of allylic oxidation sites excluding steroid dienone is 1. The number of carbonyl (C=O) groups excluding carboxylic acids is 4. The maximum Gasteiger partial charge on any atom is 0.352 e. The molecule has 0 aromatic carbocycles. The topological polar surface area (TPSA) is 118 Å². The number of hydrogen-bond acceptors (Lipinski definition) is 5. The van der Waals surface area contributed by atoms with E-state index >= 15 is 0 Å². The van der Waals surface area contributed by atoms with Gasteiger partial charge in [0.05, 0.1) is 0 Å². The van der Waals surface area contributed by atoms with Crippen molar-refractivity contribution in [1.29, 1.82) is 0 Å². The number of Topliss-reactive ketones (excluding diaryl/α,β-unsaturated/α-hetero) is 1. The summed E-state index contributed by atoms with van der Waals surface area (Å²) in [4.78, 5) is 52.1. The quantitative estimate of drug-likeness (QED) is 0.246. The van der Waals surface area contributed by atoms with Crippen LogP contribution in [0, 0.1) is 0 Å². The van der Waals surface area contributed by atoms with Gasteiger partial charge in [-0.3, -0.25) is 19.2 Å². The van der Waals surface area contributed by atoms with E-state index in [1.54, 1.807) is 0 Å². The van der Waals surface area contributed by atoms with Gasteiger partial charge in [0.15, 0.2) is 6.29 Å². The van der Waals surface area contributed by atoms with Crippen LogP contribution in [0.25, 0.3) is 0 Å². The lowest BCUT2D eigenvalue weighted by atomic mass is 10.2. The number of aliphatic carboxylic acids is 1. The molecule has 0 spiro atoms. The van der Waals surface area contributed by atoms with Crippen LogP contribution in [-0.4, -0.2) is 34.8 Å². The molecule has 7 heteroatoms. The highest BCUT2D eigenvalue weighted by Crippen LogP contribution is 1.91. The molecule has 15 heavy (non-hydrogen) atoms. The van der Waals surface area contributed by atoms with Crippen LogP contribution in [0.2, 0.25) is 0 Å². The smallest absolute Gasteiger partial charge is 0.352 e. The Bertz CT molecular complexity index is 367. The molecule has 0 rings (SSSR count). The number of carboxylic acids is 1. The summed E-state index contributed by atoms with van der Waals surface area (Å²) in [5, 5.41) is 10.3. The van der Waals surface area contributed by atoms with Crippen LogP contribution in [0.5, 0.6) is 0 Å². The van der Waals surface area contributed by atoms with E-state index in [9.17, 15) is 24.0 Å². The zero-order valence-electron chi connectivity index (χ0n) is 7.64. The fraction of sp³-hybridized carbons (Fsp3) is 0.125. The SMILES string of the molecule is CC(=O)NC(=CC(=O)C(=O)C=O)C(=O)O. The van der Waals surface area contributed by atoms with Crippen molar-refractivity contribution in [2.45, 2.75) is 6.92 Å². The summed E-state index contributed by atoms with van der Waals surface area (Å²) in [6, 6.07) is 0. The van der Waals surface area contributed by atoms with Crippen molar-refractivity contribution in [3.63, 3.8) is 0 Å². The van der Waals surface area contributed by atoms with E-state index in [2.05, 4.69) is 0 Å². The normalized spacial score (nSPS) is 10.3. The van der Waals surface area contributed by atoms with Crippen LogP contribution < -0.4 is 5.32 Å². The average molecular weight is 213 g/mol. The minimum Gasteiger partial charge on any atom is -0.477 e. The first-order chi connectivity index (χ1) is 6.88. The number of carbonyl (C=O) groups is 5. The Kier molecular flexibility index (Phi) is 4.59. The number of carboxylic acid groups (broad SMARTS) is 1. The third-order valence-corrected chi connectivity index (χ3v) is 1.17. The van der Waals surface area contributed by atoms with Gasteiger partial charge in [0.2, 0.25) is 11.7 Å². The monoisotopic (exact) mass is 213 g/mol. The van der Waals surface area contributed by atoms with E-state index in [1.165, 1.54) is 0 Å². The summed E-state index contributed by atoms with van der Waals surface area (Å²) in [5.41, 5.74) is -0.761. The van der Waals surface area contributed by atoms with Crippen LogP contribution >= 0.6 is 0 Å². The van der Waals surface area contributed by atoms with Crippen molar-refractivity contribution in [3.8, 4) is 0 Å². The lowest BCUT2D eigenvalue weighted by Gasteiger charge is -2.00. The van der Waals surface area contributed by atoms with Crippen molar-refractivity contribution in [3.05, 3.63) is 11.8 Å². The second-order valence-corrected chi connectivity index (χ2v) is 2.39. The van der Waals surface area contributed by atoms with Crippen molar-refractivity contribution in [2.24, 2.45) is 0 Å². The summed E-state index contributed by atoms with van der Waals surface area (Å²) in [6.45, 7) is 1.03. The highest BCUT2D eigenvalue weighted by atomic mass is 16.4. The second-order valence-electron chi connectivity index (χ2n) is 2.39. The fourth-order valence-corrected chi connectivity index (χ4v) is 0.601. The fourth-order valence-electron chi connectivity index (χ4n) is 0.601. The number of ketones is 2. The highest BCUT2D eigenvalue weighted by Gasteiger charge is 2.15. The lowest BCUT2D eigenvalue weighted by molar-refractivity contribution is -0.138. The Balaban J connectivity index is 4.91. The van der Waals surface area contributed by atoms with E-state index < -0.39 is 29.1 Å². The van der Waals surface area contributed by atoms with Gasteiger partial charge in [-0.15, -0.1) is 0 Å². The second kappa shape index (κ2) is 5.43. The minimum atomic E-state index is -1.59. The van der Waals surface area contributed by atoms with Crippen molar-refractivity contribution >= 4 is 29.7 Å². The molecular weight excluding hydrogens is 206 g/mol. The average Bonchev–Trinajstić information content (AvgIpc) is 2.14. The van der Waals surface area contributed by atoms with Crippen LogP contribution in [-0.2, 0) is 24.0 Å². The predicted molar refractivity (Wildman–Crippen MR) is 45.6 cm³/mol. The van der Waals surface area contributed by atoms with Gasteiger partial charge >= 0.3 is 5.97 Å². The Labute approximate surface area is 83.8 Å². The molecule has 0 unspecified atom stereocenters. The maximum atomic E-state index is 10.8. The first-order valence-electron chi connectivity index (χ1n) is 3.64. The highest BCUT2D eigenvalue weighted by molar-refractivity contribution is 6.60. The molecule has 0 aromatic rings. The zero-order chi connectivity index (χ0) is 12.0. The summed E-state index contributed by atoms with van der Waals surface area (Å²) >= 11 is 0. The van der Waals surface area contributed by atoms with Gasteiger partial charge < -0.3 is 10.4 Å². The number of nitrogens with one attached hydrogen (secondary N) is 1. The third-order valence-electron chi connectivity index (χ3n) is 1.17. The van der Waals surface area contributed by atoms with Gasteiger partial charge in [0.1, 0.15) is 5.70 Å². The number of amides is 1. The predicted octanol–water partition coefficient (Wildman–Crippen LogP) is -1.57. The van der Waals surface area contributed by atoms with Gasteiger partial charge in [-0.2, -0.15) is 0 Å². The Morgan fingerprint density at radius 3 is 2.00 bits per heavy atom. The van der Waals surface area contributed by atoms with Crippen molar-refractivity contribution < 1.29 is 29.1 Å². The molecule has 0 atom stereocenters. The van der Waals surface area contributed by atoms with Gasteiger partial charge in [0, 0.05) is 13.0 Å². The molecule has 0 radical (unpaired) electrons. The van der Waals surface area contributed by atoms with E-state index in [1.807, 2.05) is 5.32 Å². The molecule has 2 N–H and O–H groups in total. The van der Waals surface area contributed by atoms with Gasteiger partial charge in [-0.25, -0.2) is 4.79 Å². The Morgan fingerprint density at radius 2 is 1.67 bits per heavy atom. The van der Waals surface area contributed by atoms with Crippen molar-refractivity contribution in [1.82, 2.24) is 5.32 Å². The summed E-state index contributed by atoms with van der Waals surface area (Å²) in [6.07, 6.45) is 0.131. The first kappa shape index (κ1) is 12.7. The molecule has 1 amide bonds. The van der Waals surface area contributed by atoms with E-state index in [0.29, 0.717) is 6.08 Å². The molecule has 0 saturated heterocycles. The molecule has 0 saturated carbocycles. The molecule has 80 valence electrons. The van der Waals surface area contributed by atoms with Gasteiger partial charge in [-0.1, -0.05) is 0 Å². The molecule has 0 heterocycles. The zero-order valence-corrected chi connectivity index (χ0v) is 7.64. The molecule has 0 aliphatic carbocycles. The molecule has 0 aromatic heterocycles. The number of aldehydes is 1. The van der Waals surface area contributed by atoms with Crippen LogP contribution in [0.1, 0.15) is 6.92 Å². The molecule has 0 aliphatic rings. The Morgan fingerprint density at radius 1 is 1.13 bits per heavy atom. The Hall–Kier alpha value is -2.31. The van der Waals surface area contributed by atoms with E-state index in [4.69, 9.17) is 5.11 Å². The summed E-state index contributed by atoms with van der Waals surface area (Å²) in [5.74, 6) is -5.00. The number of hydrogen-bond donors (Lipinski definition) is 2. The molecule has 7 nitrogen and oxygen atoms in total. The summed E-state index contributed by atoms with van der Waals surface area (Å²) < 4.78 is 0. The molecule has 0 fully saturated rings. The largest absolute Gasteiger partial charge is 0.477 e. The molecule has 0 bridgehead atoms. The van der Waals surface area contributed by atoms with E-state index in [0.717, 1.165) is 6.92 Å². The van der Waals surface area contributed by atoms with Crippen LogP contribution in [0.3, 0.4) is 0 Å². The van der Waals surface area contributed by atoms with E-state index in [-0.39, 0.29) is 6.29 Å². The van der Waals surface area contributed by atoms with Crippen LogP contribution in [0.15, 0.2) is 11.8 Å². The van der Waals surface area contributed by atoms with Crippen molar-refractivity contribution in [2.75, 3.05) is 0 Å². The number of rotatable bonds is 5. The standard InChI is InChI=1S/C8H7NO6/c1-4(11)9-5(8(14)15)2-6(12)7(13)3-10/h2-3H,1H3,(H,9,11)(H,14,15).